The molecule has 1 fully saturated rings. The van der Waals surface area contributed by atoms with Crippen LogP contribution >= 0.6 is 12.4 Å². The van der Waals surface area contributed by atoms with Crippen LogP contribution in [-0.2, 0) is 17.6 Å². The van der Waals surface area contributed by atoms with E-state index < -0.39 is 0 Å². The van der Waals surface area contributed by atoms with Crippen LogP contribution in [0.2, 0.25) is 0 Å². The van der Waals surface area contributed by atoms with Gasteiger partial charge in [-0.2, -0.15) is 0 Å². The number of hydrogen-bond donors (Lipinski definition) is 2. The Morgan fingerprint density at radius 3 is 2.59 bits per heavy atom. The maximum absolute atomic E-state index is 12.4. The van der Waals surface area contributed by atoms with E-state index in [0.29, 0.717) is 0 Å². The maximum atomic E-state index is 12.4. The second-order valence-corrected chi connectivity index (χ2v) is 6.37. The second-order valence-electron chi connectivity index (χ2n) is 6.37. The molecule has 0 aromatic heterocycles. The van der Waals surface area contributed by atoms with Gasteiger partial charge in [0.1, 0.15) is 0 Å². The number of carbonyl (C=O) groups excluding carboxylic acids is 1. The lowest BCUT2D eigenvalue weighted by Gasteiger charge is -2.14. The summed E-state index contributed by atoms with van der Waals surface area (Å²) in [6, 6.07) is 10.8. The highest BCUT2D eigenvalue weighted by atomic mass is 35.5. The zero-order chi connectivity index (χ0) is 14.4. The summed E-state index contributed by atoms with van der Waals surface area (Å²) in [7, 11) is 0. The number of hydrogen-bond acceptors (Lipinski definition) is 2. The van der Waals surface area contributed by atoms with Crippen LogP contribution < -0.4 is 11.1 Å². The van der Waals surface area contributed by atoms with Gasteiger partial charge in [-0.1, -0.05) is 24.3 Å². The number of nitrogens with one attached hydrogen (secondary N) is 1. The summed E-state index contributed by atoms with van der Waals surface area (Å²) in [5, 5.41) is 5.66. The van der Waals surface area contributed by atoms with E-state index in [1.54, 1.807) is 0 Å². The van der Waals surface area contributed by atoms with Gasteiger partial charge in [-0.3, -0.25) is 4.79 Å². The number of rotatable bonds is 2. The first-order valence-corrected chi connectivity index (χ1v) is 7.82. The molecule has 1 amide bonds. The van der Waals surface area contributed by atoms with E-state index in [1.807, 2.05) is 0 Å². The van der Waals surface area contributed by atoms with E-state index in [0.717, 1.165) is 37.8 Å². The molecule has 2 aliphatic rings. The van der Waals surface area contributed by atoms with Gasteiger partial charge in [0.05, 0.1) is 0 Å². The molecule has 22 heavy (non-hydrogen) atoms. The summed E-state index contributed by atoms with van der Waals surface area (Å²) in [4.78, 5) is 12.4. The standard InChI is InChI=1S/C18H20N2O.ClH/c19-14-8-6-13(10-14)18(21)20-16-9-7-12-5-4-11-2-1-3-15(16)17(11)12;/h1-3,7,9,13-14H,4-6,8,10,19H2,(H,20,21);1H. The lowest BCUT2D eigenvalue weighted by Crippen LogP contribution is -2.23. The minimum absolute atomic E-state index is 0. The van der Waals surface area contributed by atoms with Crippen molar-refractivity contribution in [1.29, 1.82) is 0 Å². The molecule has 0 aliphatic heterocycles. The largest absolute Gasteiger partial charge is 0.328 e. The number of amides is 1. The highest BCUT2D eigenvalue weighted by Crippen LogP contribution is 2.35. The average Bonchev–Trinajstić information content (AvgIpc) is 3.10. The summed E-state index contributed by atoms with van der Waals surface area (Å²) in [5.41, 5.74) is 9.67. The molecule has 116 valence electrons. The highest BCUT2D eigenvalue weighted by Gasteiger charge is 2.28. The van der Waals surface area contributed by atoms with Crippen molar-refractivity contribution in [2.24, 2.45) is 11.7 Å². The molecule has 2 aromatic carbocycles. The van der Waals surface area contributed by atoms with E-state index in [-0.39, 0.29) is 30.3 Å². The van der Waals surface area contributed by atoms with Crippen LogP contribution in [0.3, 0.4) is 0 Å². The van der Waals surface area contributed by atoms with E-state index in [1.165, 1.54) is 21.9 Å². The van der Waals surface area contributed by atoms with Gasteiger partial charge in [0.2, 0.25) is 5.91 Å². The molecule has 4 heteroatoms. The summed E-state index contributed by atoms with van der Waals surface area (Å²) in [6.45, 7) is 0. The summed E-state index contributed by atoms with van der Waals surface area (Å²) >= 11 is 0. The predicted octanol–water partition coefficient (Wildman–Crippen LogP) is 3.43. The third kappa shape index (κ3) is 2.49. The quantitative estimate of drug-likeness (QED) is 0.892. The van der Waals surface area contributed by atoms with Crippen LogP contribution in [0.1, 0.15) is 30.4 Å². The molecule has 0 bridgehead atoms. The van der Waals surface area contributed by atoms with Gasteiger partial charge < -0.3 is 11.1 Å². The third-order valence-electron chi connectivity index (χ3n) is 4.98. The Hall–Kier alpha value is -1.58. The molecule has 0 radical (unpaired) electrons. The SMILES string of the molecule is Cl.NC1CCC(C(=O)Nc2ccc3c4c(cccc24)CC3)C1. The zero-order valence-electron chi connectivity index (χ0n) is 12.5. The number of carbonyl (C=O) groups is 1. The average molecular weight is 317 g/mol. The Morgan fingerprint density at radius 1 is 1.09 bits per heavy atom. The van der Waals surface area contributed by atoms with Crippen LogP contribution in [0, 0.1) is 5.92 Å². The van der Waals surface area contributed by atoms with E-state index >= 15 is 0 Å². The Morgan fingerprint density at radius 2 is 1.86 bits per heavy atom. The van der Waals surface area contributed by atoms with Crippen molar-refractivity contribution >= 4 is 34.8 Å². The second kappa shape index (κ2) is 5.90. The topological polar surface area (TPSA) is 55.1 Å². The number of halogens is 1. The Bertz CT molecular complexity index is 718. The van der Waals surface area contributed by atoms with Crippen LogP contribution in [0.25, 0.3) is 10.8 Å². The van der Waals surface area contributed by atoms with Crippen LogP contribution in [0.4, 0.5) is 5.69 Å². The number of nitrogens with two attached hydrogens (primary N) is 1. The minimum Gasteiger partial charge on any atom is -0.328 e. The van der Waals surface area contributed by atoms with Crippen LogP contribution in [0.5, 0.6) is 0 Å². The zero-order valence-corrected chi connectivity index (χ0v) is 13.3. The fourth-order valence-electron chi connectivity index (χ4n) is 3.85. The first-order valence-electron chi connectivity index (χ1n) is 7.82. The predicted molar refractivity (Wildman–Crippen MR) is 92.6 cm³/mol. The van der Waals surface area contributed by atoms with Crippen molar-refractivity contribution < 1.29 is 4.79 Å². The van der Waals surface area contributed by atoms with E-state index in [2.05, 4.69) is 35.6 Å². The van der Waals surface area contributed by atoms with E-state index in [4.69, 9.17) is 5.73 Å². The molecule has 2 unspecified atom stereocenters. The minimum atomic E-state index is 0. The lowest BCUT2D eigenvalue weighted by molar-refractivity contribution is -0.119. The van der Waals surface area contributed by atoms with Gasteiger partial charge in [0.25, 0.3) is 0 Å². The van der Waals surface area contributed by atoms with Crippen molar-refractivity contribution in [2.75, 3.05) is 5.32 Å². The van der Waals surface area contributed by atoms with Gasteiger partial charge in [0.15, 0.2) is 0 Å². The van der Waals surface area contributed by atoms with Gasteiger partial charge >= 0.3 is 0 Å². The molecule has 3 nitrogen and oxygen atoms in total. The number of benzene rings is 2. The first-order chi connectivity index (χ1) is 10.2. The van der Waals surface area contributed by atoms with Crippen molar-refractivity contribution in [3.05, 3.63) is 41.5 Å². The Labute approximate surface area is 136 Å². The molecule has 0 heterocycles. The summed E-state index contributed by atoms with van der Waals surface area (Å²) < 4.78 is 0. The van der Waals surface area contributed by atoms with Gasteiger partial charge in [0, 0.05) is 23.0 Å². The molecular weight excluding hydrogens is 296 g/mol. The summed E-state index contributed by atoms with van der Waals surface area (Å²) in [6.07, 6.45) is 4.91. The maximum Gasteiger partial charge on any atom is 0.227 e. The first kappa shape index (κ1) is 15.3. The highest BCUT2D eigenvalue weighted by molar-refractivity contribution is 6.05. The van der Waals surface area contributed by atoms with Crippen molar-refractivity contribution in [3.63, 3.8) is 0 Å². The van der Waals surface area contributed by atoms with Crippen LogP contribution in [-0.4, -0.2) is 11.9 Å². The van der Waals surface area contributed by atoms with Crippen molar-refractivity contribution in [1.82, 2.24) is 0 Å². The third-order valence-corrected chi connectivity index (χ3v) is 4.98. The van der Waals surface area contributed by atoms with E-state index in [9.17, 15) is 4.79 Å². The number of anilines is 1. The van der Waals surface area contributed by atoms with Gasteiger partial charge in [-0.25, -0.2) is 0 Å². The van der Waals surface area contributed by atoms with Gasteiger partial charge in [-0.15, -0.1) is 12.4 Å². The van der Waals surface area contributed by atoms with Crippen molar-refractivity contribution in [3.8, 4) is 0 Å². The molecular formula is C18H21ClN2O. The smallest absolute Gasteiger partial charge is 0.227 e. The molecule has 0 saturated heterocycles. The van der Waals surface area contributed by atoms with Crippen LogP contribution in [0.15, 0.2) is 30.3 Å². The fraction of sp³-hybridized carbons (Fsp3) is 0.389. The Kier molecular flexibility index (Phi) is 4.11. The fourth-order valence-corrected chi connectivity index (χ4v) is 3.85. The van der Waals surface area contributed by atoms with Crippen molar-refractivity contribution in [2.45, 2.75) is 38.1 Å². The number of aryl methyl sites for hydroxylation is 2. The Balaban J connectivity index is 0.00000144. The molecule has 3 N–H and O–H groups in total. The lowest BCUT2D eigenvalue weighted by atomic mass is 10.0. The monoisotopic (exact) mass is 316 g/mol. The normalized spacial score (nSPS) is 22.6. The molecule has 2 aliphatic carbocycles. The van der Waals surface area contributed by atoms with Gasteiger partial charge in [-0.05, 0) is 54.7 Å². The molecule has 2 aromatic rings. The molecule has 1 saturated carbocycles. The molecule has 4 rings (SSSR count). The molecule has 0 spiro atoms. The summed E-state index contributed by atoms with van der Waals surface area (Å²) in [5.74, 6) is 0.199. The molecule has 2 atom stereocenters.